The molecule has 0 fully saturated rings. The number of rotatable bonds is 7. The molecular formula is C16H22N2OS. The highest BCUT2D eigenvalue weighted by molar-refractivity contribution is 7.09. The molecule has 1 heterocycles. The zero-order valence-corrected chi connectivity index (χ0v) is 13.2. The highest BCUT2D eigenvalue weighted by Gasteiger charge is 2.04. The van der Waals surface area contributed by atoms with Gasteiger partial charge in [-0.15, -0.1) is 11.3 Å². The maximum atomic E-state index is 5.76. The van der Waals surface area contributed by atoms with Crippen molar-refractivity contribution in [1.29, 1.82) is 0 Å². The number of benzene rings is 1. The summed E-state index contributed by atoms with van der Waals surface area (Å²) < 4.78 is 5.76. The minimum absolute atomic E-state index is 0.480. The van der Waals surface area contributed by atoms with Gasteiger partial charge in [-0.05, 0) is 24.1 Å². The maximum absolute atomic E-state index is 5.76. The van der Waals surface area contributed by atoms with Gasteiger partial charge in [0.15, 0.2) is 0 Å². The average molecular weight is 290 g/mol. The standard InChI is InChI=1S/C16H22N2OS/c1-4-13-5-7-15(8-6-13)19-10-16-18-14(11-20-16)9-17-12(2)3/h5-8,11-12,17H,4,9-10H2,1-3H3. The summed E-state index contributed by atoms with van der Waals surface area (Å²) in [6, 6.07) is 8.74. The molecule has 4 heteroatoms. The lowest BCUT2D eigenvalue weighted by atomic mass is 10.2. The van der Waals surface area contributed by atoms with E-state index in [1.807, 2.05) is 12.1 Å². The Balaban J connectivity index is 1.84. The molecule has 0 aliphatic heterocycles. The minimum Gasteiger partial charge on any atom is -0.486 e. The van der Waals surface area contributed by atoms with Gasteiger partial charge >= 0.3 is 0 Å². The Labute approximate surface area is 125 Å². The second-order valence-corrected chi connectivity index (χ2v) is 6.00. The van der Waals surface area contributed by atoms with Crippen LogP contribution in [0.15, 0.2) is 29.6 Å². The first kappa shape index (κ1) is 15.0. The highest BCUT2D eigenvalue weighted by atomic mass is 32.1. The lowest BCUT2D eigenvalue weighted by Gasteiger charge is -2.05. The summed E-state index contributed by atoms with van der Waals surface area (Å²) in [5.74, 6) is 0.902. The molecule has 0 aliphatic carbocycles. The summed E-state index contributed by atoms with van der Waals surface area (Å²) in [5.41, 5.74) is 2.41. The van der Waals surface area contributed by atoms with Gasteiger partial charge in [-0.3, -0.25) is 0 Å². The quantitative estimate of drug-likeness (QED) is 0.842. The van der Waals surface area contributed by atoms with Gasteiger partial charge in [0, 0.05) is 18.0 Å². The van der Waals surface area contributed by atoms with Crippen molar-refractivity contribution in [3.63, 3.8) is 0 Å². The summed E-state index contributed by atoms with van der Waals surface area (Å²) >= 11 is 1.65. The molecular weight excluding hydrogens is 268 g/mol. The molecule has 0 atom stereocenters. The van der Waals surface area contributed by atoms with Gasteiger partial charge in [0.1, 0.15) is 17.4 Å². The van der Waals surface area contributed by atoms with Crippen molar-refractivity contribution < 1.29 is 4.74 Å². The number of nitrogens with zero attached hydrogens (tertiary/aromatic N) is 1. The normalized spacial score (nSPS) is 11.0. The monoisotopic (exact) mass is 290 g/mol. The van der Waals surface area contributed by atoms with E-state index in [1.54, 1.807) is 11.3 Å². The van der Waals surface area contributed by atoms with Crippen molar-refractivity contribution >= 4 is 11.3 Å². The van der Waals surface area contributed by atoms with Crippen LogP contribution >= 0.6 is 11.3 Å². The molecule has 0 radical (unpaired) electrons. The fraction of sp³-hybridized carbons (Fsp3) is 0.438. The van der Waals surface area contributed by atoms with E-state index in [-0.39, 0.29) is 0 Å². The predicted molar refractivity (Wildman–Crippen MR) is 84.2 cm³/mol. The summed E-state index contributed by atoms with van der Waals surface area (Å²) in [6.45, 7) is 7.78. The molecule has 0 saturated heterocycles. The van der Waals surface area contributed by atoms with E-state index in [1.165, 1.54) is 5.56 Å². The Bertz CT molecular complexity index is 520. The second-order valence-electron chi connectivity index (χ2n) is 5.05. The largest absolute Gasteiger partial charge is 0.486 e. The van der Waals surface area contributed by atoms with Crippen molar-refractivity contribution in [2.45, 2.75) is 46.4 Å². The fourth-order valence-corrected chi connectivity index (χ4v) is 2.48. The minimum atomic E-state index is 0.480. The van der Waals surface area contributed by atoms with E-state index in [0.717, 1.165) is 29.4 Å². The number of hydrogen-bond acceptors (Lipinski definition) is 4. The number of aromatic nitrogens is 1. The third kappa shape index (κ3) is 4.62. The number of hydrogen-bond donors (Lipinski definition) is 1. The smallest absolute Gasteiger partial charge is 0.140 e. The predicted octanol–water partition coefficient (Wildman–Crippen LogP) is 3.78. The van der Waals surface area contributed by atoms with E-state index in [2.05, 4.69) is 48.6 Å². The Morgan fingerprint density at radius 2 is 2.00 bits per heavy atom. The first-order chi connectivity index (χ1) is 9.67. The van der Waals surface area contributed by atoms with Gasteiger partial charge < -0.3 is 10.1 Å². The lowest BCUT2D eigenvalue weighted by Crippen LogP contribution is -2.21. The first-order valence-corrected chi connectivity index (χ1v) is 7.93. The Hall–Kier alpha value is -1.39. The summed E-state index contributed by atoms with van der Waals surface area (Å²) in [7, 11) is 0. The molecule has 0 unspecified atom stereocenters. The van der Waals surface area contributed by atoms with Gasteiger partial charge in [0.2, 0.25) is 0 Å². The van der Waals surface area contributed by atoms with Crippen molar-refractivity contribution in [2.24, 2.45) is 0 Å². The molecule has 1 N–H and O–H groups in total. The van der Waals surface area contributed by atoms with Gasteiger partial charge in [-0.2, -0.15) is 0 Å². The molecule has 0 aliphatic rings. The second kappa shape index (κ2) is 7.41. The molecule has 2 rings (SSSR count). The van der Waals surface area contributed by atoms with Gasteiger partial charge in [0.05, 0.1) is 5.69 Å². The van der Waals surface area contributed by atoms with Crippen LogP contribution in [-0.4, -0.2) is 11.0 Å². The molecule has 0 saturated carbocycles. The van der Waals surface area contributed by atoms with Crippen LogP contribution in [-0.2, 0) is 19.6 Å². The molecule has 0 spiro atoms. The van der Waals surface area contributed by atoms with E-state index >= 15 is 0 Å². The van der Waals surface area contributed by atoms with Gasteiger partial charge in [-0.1, -0.05) is 32.9 Å². The summed E-state index contributed by atoms with van der Waals surface area (Å²) in [5, 5.41) is 6.48. The van der Waals surface area contributed by atoms with Crippen LogP contribution in [0.1, 0.15) is 37.0 Å². The van der Waals surface area contributed by atoms with Crippen molar-refractivity contribution in [2.75, 3.05) is 0 Å². The van der Waals surface area contributed by atoms with Crippen LogP contribution in [0.5, 0.6) is 5.75 Å². The lowest BCUT2D eigenvalue weighted by molar-refractivity contribution is 0.305. The maximum Gasteiger partial charge on any atom is 0.140 e. The number of nitrogens with one attached hydrogen (secondary N) is 1. The molecule has 2 aromatic rings. The number of aryl methyl sites for hydroxylation is 1. The number of ether oxygens (including phenoxy) is 1. The third-order valence-corrected chi connectivity index (χ3v) is 3.86. The number of thiazole rings is 1. The zero-order chi connectivity index (χ0) is 14.4. The van der Waals surface area contributed by atoms with E-state index in [0.29, 0.717) is 12.6 Å². The van der Waals surface area contributed by atoms with Gasteiger partial charge in [-0.25, -0.2) is 4.98 Å². The first-order valence-electron chi connectivity index (χ1n) is 7.05. The van der Waals surface area contributed by atoms with E-state index < -0.39 is 0 Å². The van der Waals surface area contributed by atoms with Gasteiger partial charge in [0.25, 0.3) is 0 Å². The molecule has 0 bridgehead atoms. The molecule has 1 aromatic carbocycles. The topological polar surface area (TPSA) is 34.1 Å². The van der Waals surface area contributed by atoms with Crippen LogP contribution in [0.3, 0.4) is 0 Å². The van der Waals surface area contributed by atoms with Crippen molar-refractivity contribution in [3.8, 4) is 5.75 Å². The summed E-state index contributed by atoms with van der Waals surface area (Å²) in [4.78, 5) is 4.56. The molecule has 20 heavy (non-hydrogen) atoms. The van der Waals surface area contributed by atoms with Crippen molar-refractivity contribution in [1.82, 2.24) is 10.3 Å². The molecule has 3 nitrogen and oxygen atoms in total. The SMILES string of the molecule is CCc1ccc(OCc2nc(CNC(C)C)cs2)cc1. The average Bonchev–Trinajstić information content (AvgIpc) is 2.91. The Morgan fingerprint density at radius 3 is 2.65 bits per heavy atom. The molecule has 1 aromatic heterocycles. The van der Waals surface area contributed by atoms with Crippen LogP contribution < -0.4 is 10.1 Å². The molecule has 108 valence electrons. The van der Waals surface area contributed by atoms with Crippen LogP contribution in [0.2, 0.25) is 0 Å². The fourth-order valence-electron chi connectivity index (χ4n) is 1.77. The zero-order valence-electron chi connectivity index (χ0n) is 12.3. The Kier molecular flexibility index (Phi) is 5.56. The van der Waals surface area contributed by atoms with Crippen LogP contribution in [0, 0.1) is 0 Å². The van der Waals surface area contributed by atoms with Crippen LogP contribution in [0.25, 0.3) is 0 Å². The summed E-state index contributed by atoms with van der Waals surface area (Å²) in [6.07, 6.45) is 1.05. The third-order valence-electron chi connectivity index (χ3n) is 2.98. The molecule has 0 amide bonds. The van der Waals surface area contributed by atoms with E-state index in [9.17, 15) is 0 Å². The highest BCUT2D eigenvalue weighted by Crippen LogP contribution is 2.16. The van der Waals surface area contributed by atoms with Crippen LogP contribution in [0.4, 0.5) is 0 Å². The Morgan fingerprint density at radius 1 is 1.25 bits per heavy atom. The van der Waals surface area contributed by atoms with E-state index in [4.69, 9.17) is 4.74 Å². The van der Waals surface area contributed by atoms with Crippen molar-refractivity contribution in [3.05, 3.63) is 45.9 Å².